The van der Waals surface area contributed by atoms with Gasteiger partial charge >= 0.3 is 0 Å². The van der Waals surface area contributed by atoms with Gasteiger partial charge in [-0.15, -0.1) is 0 Å². The number of hydrogen-bond acceptors (Lipinski definition) is 5. The first-order chi connectivity index (χ1) is 13.5. The van der Waals surface area contributed by atoms with E-state index in [0.717, 1.165) is 23.3 Å². The Balaban J connectivity index is 1.91. The van der Waals surface area contributed by atoms with Gasteiger partial charge < -0.3 is 18.9 Å². The Morgan fingerprint density at radius 2 is 2.00 bits per heavy atom. The number of allylic oxidation sites excluding steroid dienone is 2. The van der Waals surface area contributed by atoms with Crippen molar-refractivity contribution in [2.75, 3.05) is 21.0 Å². The Kier molecular flexibility index (Phi) is 6.37. The van der Waals surface area contributed by atoms with Crippen LogP contribution in [0.1, 0.15) is 47.9 Å². The number of hydrogen-bond donors (Lipinski definition) is 0. The zero-order chi connectivity index (χ0) is 20.1. The zero-order valence-electron chi connectivity index (χ0n) is 16.8. The van der Waals surface area contributed by atoms with Crippen molar-refractivity contribution in [3.05, 3.63) is 64.7 Å². The van der Waals surface area contributed by atoms with Gasteiger partial charge in [-0.2, -0.15) is 0 Å². The second-order valence-electron chi connectivity index (χ2n) is 7.00. The minimum atomic E-state index is -0.339. The summed E-state index contributed by atoms with van der Waals surface area (Å²) < 4.78 is 22.1. The van der Waals surface area contributed by atoms with E-state index in [1.807, 2.05) is 18.2 Å². The van der Waals surface area contributed by atoms with Gasteiger partial charge in [0, 0.05) is 13.2 Å². The lowest BCUT2D eigenvalue weighted by Crippen LogP contribution is -2.20. The molecule has 1 aliphatic rings. The van der Waals surface area contributed by atoms with Crippen LogP contribution in [0.2, 0.25) is 0 Å². The van der Waals surface area contributed by atoms with Crippen LogP contribution in [0.5, 0.6) is 17.2 Å². The van der Waals surface area contributed by atoms with Crippen LogP contribution in [-0.4, -0.2) is 26.8 Å². The molecule has 5 heteroatoms. The van der Waals surface area contributed by atoms with E-state index in [-0.39, 0.29) is 18.7 Å². The molecule has 3 rings (SSSR count). The fourth-order valence-corrected chi connectivity index (χ4v) is 3.15. The van der Waals surface area contributed by atoms with Crippen LogP contribution in [0.25, 0.3) is 0 Å². The Bertz CT molecular complexity index is 881. The summed E-state index contributed by atoms with van der Waals surface area (Å²) in [5.41, 5.74) is 3.81. The number of Topliss-reactive ketones (excluding diaryl/α,β-unsaturated/α-hetero) is 1. The fourth-order valence-electron chi connectivity index (χ4n) is 3.15. The van der Waals surface area contributed by atoms with Crippen LogP contribution in [0.15, 0.2) is 48.0 Å². The summed E-state index contributed by atoms with van der Waals surface area (Å²) in [7, 11) is 3.19. The molecule has 0 saturated heterocycles. The molecule has 0 bridgehead atoms. The van der Waals surface area contributed by atoms with Crippen LogP contribution in [0.3, 0.4) is 0 Å². The van der Waals surface area contributed by atoms with E-state index in [4.69, 9.17) is 18.9 Å². The fraction of sp³-hybridized carbons (Fsp3) is 0.348. The van der Waals surface area contributed by atoms with E-state index in [0.29, 0.717) is 23.5 Å². The van der Waals surface area contributed by atoms with Gasteiger partial charge in [0.1, 0.15) is 23.4 Å². The molecule has 0 spiro atoms. The Morgan fingerprint density at radius 3 is 2.71 bits per heavy atom. The van der Waals surface area contributed by atoms with E-state index < -0.39 is 0 Å². The minimum absolute atomic E-state index is 0.0689. The maximum Gasteiger partial charge on any atom is 0.188 e. The molecule has 148 valence electrons. The molecule has 2 aromatic rings. The lowest BCUT2D eigenvalue weighted by atomic mass is 9.94. The highest BCUT2D eigenvalue weighted by atomic mass is 16.7. The third-order valence-corrected chi connectivity index (χ3v) is 4.65. The van der Waals surface area contributed by atoms with Gasteiger partial charge in [0.25, 0.3) is 0 Å². The normalized spacial score (nSPS) is 15.4. The number of carbonyl (C=O) groups excluding carboxylic acids is 1. The molecule has 0 saturated carbocycles. The highest BCUT2D eigenvalue weighted by Gasteiger charge is 2.28. The highest BCUT2D eigenvalue weighted by molar-refractivity contribution is 6.00. The van der Waals surface area contributed by atoms with Crippen molar-refractivity contribution in [1.82, 2.24) is 0 Å². The van der Waals surface area contributed by atoms with Crippen molar-refractivity contribution in [3.8, 4) is 17.2 Å². The van der Waals surface area contributed by atoms with Gasteiger partial charge in [-0.05, 0) is 55.7 Å². The average molecular weight is 382 g/mol. The van der Waals surface area contributed by atoms with Crippen LogP contribution in [0, 0.1) is 0 Å². The Morgan fingerprint density at radius 1 is 1.18 bits per heavy atom. The maximum atomic E-state index is 12.6. The van der Waals surface area contributed by atoms with Crippen molar-refractivity contribution in [1.29, 1.82) is 0 Å². The SMILES string of the molecule is COCOc1ccc(C2CC(=O)c3ccc(OC)cc3O2)cc1CC=C(C)C. The summed E-state index contributed by atoms with van der Waals surface area (Å²) in [5.74, 6) is 2.07. The van der Waals surface area contributed by atoms with Gasteiger partial charge in [0.15, 0.2) is 12.6 Å². The second kappa shape index (κ2) is 8.93. The summed E-state index contributed by atoms with van der Waals surface area (Å²) in [5, 5.41) is 0. The van der Waals surface area contributed by atoms with Gasteiger partial charge in [-0.25, -0.2) is 0 Å². The van der Waals surface area contributed by atoms with E-state index in [9.17, 15) is 4.79 Å². The topological polar surface area (TPSA) is 54.0 Å². The first-order valence-electron chi connectivity index (χ1n) is 9.27. The van der Waals surface area contributed by atoms with E-state index in [1.165, 1.54) is 5.57 Å². The summed E-state index contributed by atoms with van der Waals surface area (Å²) in [6.45, 7) is 4.31. The van der Waals surface area contributed by atoms with Gasteiger partial charge in [0.05, 0.1) is 19.1 Å². The second-order valence-corrected chi connectivity index (χ2v) is 7.00. The first kappa shape index (κ1) is 20.0. The average Bonchev–Trinajstić information content (AvgIpc) is 2.70. The smallest absolute Gasteiger partial charge is 0.188 e. The molecule has 1 heterocycles. The maximum absolute atomic E-state index is 12.6. The molecule has 0 radical (unpaired) electrons. The van der Waals surface area contributed by atoms with Crippen molar-refractivity contribution in [2.24, 2.45) is 0 Å². The predicted molar refractivity (Wildman–Crippen MR) is 107 cm³/mol. The molecule has 0 amide bonds. The van der Waals surface area contributed by atoms with Crippen molar-refractivity contribution in [2.45, 2.75) is 32.8 Å². The van der Waals surface area contributed by atoms with E-state index >= 15 is 0 Å². The number of fused-ring (bicyclic) bond motifs is 1. The molecule has 0 aliphatic carbocycles. The molecule has 0 fully saturated rings. The molecule has 1 aliphatic heterocycles. The van der Waals surface area contributed by atoms with E-state index in [1.54, 1.807) is 32.4 Å². The van der Waals surface area contributed by atoms with Crippen molar-refractivity contribution in [3.63, 3.8) is 0 Å². The lowest BCUT2D eigenvalue weighted by Gasteiger charge is -2.26. The van der Waals surface area contributed by atoms with Crippen molar-refractivity contribution >= 4 is 5.78 Å². The Hall–Kier alpha value is -2.79. The third kappa shape index (κ3) is 4.54. The number of ketones is 1. The number of ether oxygens (including phenoxy) is 4. The summed E-state index contributed by atoms with van der Waals surface area (Å²) in [6, 6.07) is 11.2. The first-order valence-corrected chi connectivity index (χ1v) is 9.27. The standard InChI is InChI=1S/C23H26O5/c1-15(2)5-6-16-11-17(7-10-21(16)27-14-25-3)22-13-20(24)19-9-8-18(26-4)12-23(19)28-22/h5,7-12,22H,6,13-14H2,1-4H3. The number of methoxy groups -OCH3 is 2. The Labute approximate surface area is 165 Å². The van der Waals surface area contributed by atoms with Gasteiger partial charge in [-0.3, -0.25) is 4.79 Å². The molecule has 0 aromatic heterocycles. The third-order valence-electron chi connectivity index (χ3n) is 4.65. The lowest BCUT2D eigenvalue weighted by molar-refractivity contribution is 0.0504. The molecule has 1 atom stereocenters. The van der Waals surface area contributed by atoms with Crippen LogP contribution in [0.4, 0.5) is 0 Å². The monoisotopic (exact) mass is 382 g/mol. The highest BCUT2D eigenvalue weighted by Crippen LogP contribution is 2.38. The molecule has 28 heavy (non-hydrogen) atoms. The number of carbonyl (C=O) groups is 1. The molecule has 1 unspecified atom stereocenters. The summed E-state index contributed by atoms with van der Waals surface area (Å²) in [4.78, 5) is 12.6. The minimum Gasteiger partial charge on any atom is -0.497 e. The molecule has 5 nitrogen and oxygen atoms in total. The van der Waals surface area contributed by atoms with Gasteiger partial charge in [0.2, 0.25) is 0 Å². The number of rotatable bonds is 7. The molecular weight excluding hydrogens is 356 g/mol. The van der Waals surface area contributed by atoms with Crippen LogP contribution in [-0.2, 0) is 11.2 Å². The summed E-state index contributed by atoms with van der Waals surface area (Å²) >= 11 is 0. The van der Waals surface area contributed by atoms with Crippen molar-refractivity contribution < 1.29 is 23.7 Å². The van der Waals surface area contributed by atoms with Crippen LogP contribution >= 0.6 is 0 Å². The van der Waals surface area contributed by atoms with E-state index in [2.05, 4.69) is 19.9 Å². The largest absolute Gasteiger partial charge is 0.497 e. The van der Waals surface area contributed by atoms with Crippen LogP contribution < -0.4 is 14.2 Å². The summed E-state index contributed by atoms with van der Waals surface area (Å²) in [6.07, 6.45) is 2.85. The molecule has 0 N–H and O–H groups in total. The number of benzene rings is 2. The quantitative estimate of drug-likeness (QED) is 0.504. The molecular formula is C23H26O5. The van der Waals surface area contributed by atoms with Gasteiger partial charge in [-0.1, -0.05) is 17.7 Å². The molecule has 2 aromatic carbocycles. The zero-order valence-corrected chi connectivity index (χ0v) is 16.8. The predicted octanol–water partition coefficient (Wildman–Crippen LogP) is 4.89.